The van der Waals surface area contributed by atoms with Crippen LogP contribution in [-0.4, -0.2) is 47.0 Å². The maximum atomic E-state index is 12.4. The Morgan fingerprint density at radius 2 is 2.00 bits per heavy atom. The summed E-state index contributed by atoms with van der Waals surface area (Å²) in [6.07, 6.45) is 1.06. The Kier molecular flexibility index (Phi) is 4.49. The minimum Gasteiger partial charge on any atom is -0.444 e. The highest BCUT2D eigenvalue weighted by Crippen LogP contribution is 2.29. The van der Waals surface area contributed by atoms with Crippen molar-refractivity contribution >= 4 is 29.3 Å². The number of piperidine rings is 1. The van der Waals surface area contributed by atoms with Crippen molar-refractivity contribution in [2.24, 2.45) is 4.99 Å². The van der Waals surface area contributed by atoms with E-state index in [2.05, 4.69) is 10.3 Å². The van der Waals surface area contributed by atoms with Gasteiger partial charge in [-0.15, -0.1) is 0 Å². The van der Waals surface area contributed by atoms with Crippen LogP contribution in [0.5, 0.6) is 0 Å². The molecular weight excluding hydrogens is 342 g/mol. The van der Waals surface area contributed by atoms with Gasteiger partial charge in [-0.05, 0) is 45.7 Å². The number of amides is 2. The predicted molar refractivity (Wildman–Crippen MR) is 95.9 cm³/mol. The van der Waals surface area contributed by atoms with E-state index in [-0.39, 0.29) is 12.0 Å². The number of carbonyl (C=O) groups excluding carboxylic acids is 2. The third kappa shape index (κ3) is 3.95. The Morgan fingerprint density at radius 1 is 1.32 bits per heavy atom. The zero-order chi connectivity index (χ0) is 18.2. The van der Waals surface area contributed by atoms with Crippen LogP contribution in [0.2, 0.25) is 5.02 Å². The van der Waals surface area contributed by atoms with Crippen molar-refractivity contribution in [2.75, 3.05) is 13.1 Å². The Labute approximate surface area is 152 Å². The molecule has 1 spiro atoms. The van der Waals surface area contributed by atoms with Gasteiger partial charge in [0.15, 0.2) is 5.66 Å². The lowest BCUT2D eigenvalue weighted by molar-refractivity contribution is -0.115. The molecule has 7 heteroatoms. The first-order valence-corrected chi connectivity index (χ1v) is 8.72. The van der Waals surface area contributed by atoms with Gasteiger partial charge in [0.1, 0.15) is 11.3 Å². The summed E-state index contributed by atoms with van der Waals surface area (Å²) in [6.45, 7) is 6.40. The average Bonchev–Trinajstić information content (AvgIpc) is 2.82. The highest BCUT2D eigenvalue weighted by Gasteiger charge is 2.44. The van der Waals surface area contributed by atoms with E-state index in [1.165, 1.54) is 0 Å². The lowest BCUT2D eigenvalue weighted by atomic mass is 10.00. The van der Waals surface area contributed by atoms with E-state index in [0.29, 0.717) is 35.8 Å². The average molecular weight is 364 g/mol. The van der Waals surface area contributed by atoms with Gasteiger partial charge in [0.25, 0.3) is 5.91 Å². The molecule has 1 aromatic carbocycles. The lowest BCUT2D eigenvalue weighted by Gasteiger charge is -2.38. The predicted octanol–water partition coefficient (Wildman–Crippen LogP) is 2.99. The number of hydrogen-bond donors (Lipinski definition) is 1. The number of benzene rings is 1. The van der Waals surface area contributed by atoms with Crippen LogP contribution in [0, 0.1) is 0 Å². The fraction of sp³-hybridized carbons (Fsp3) is 0.500. The molecule has 0 saturated carbocycles. The molecule has 0 bridgehead atoms. The monoisotopic (exact) mass is 363 g/mol. The second-order valence-electron chi connectivity index (χ2n) is 7.46. The summed E-state index contributed by atoms with van der Waals surface area (Å²) < 4.78 is 5.44. The van der Waals surface area contributed by atoms with Crippen LogP contribution in [-0.2, 0) is 9.53 Å². The first-order valence-electron chi connectivity index (χ1n) is 8.34. The van der Waals surface area contributed by atoms with Crippen LogP contribution in [0.15, 0.2) is 29.3 Å². The van der Waals surface area contributed by atoms with E-state index in [0.717, 1.165) is 6.42 Å². The molecule has 0 aliphatic carbocycles. The minimum absolute atomic E-state index is 0.228. The van der Waals surface area contributed by atoms with Gasteiger partial charge in [0.2, 0.25) is 0 Å². The van der Waals surface area contributed by atoms with Crippen LogP contribution < -0.4 is 5.32 Å². The summed E-state index contributed by atoms with van der Waals surface area (Å²) >= 11 is 5.91. The van der Waals surface area contributed by atoms with Crippen molar-refractivity contribution in [1.29, 1.82) is 0 Å². The number of nitrogens with one attached hydrogen (secondary N) is 1. The Bertz CT molecular complexity index is 724. The molecule has 134 valence electrons. The number of rotatable bonds is 1. The molecule has 2 amide bonds. The summed E-state index contributed by atoms with van der Waals surface area (Å²) in [4.78, 5) is 31.0. The number of hydrogen-bond acceptors (Lipinski definition) is 4. The van der Waals surface area contributed by atoms with Gasteiger partial charge in [-0.1, -0.05) is 23.7 Å². The van der Waals surface area contributed by atoms with E-state index >= 15 is 0 Å². The molecule has 1 saturated heterocycles. The van der Waals surface area contributed by atoms with Crippen molar-refractivity contribution in [2.45, 2.75) is 44.9 Å². The largest absolute Gasteiger partial charge is 0.444 e. The van der Waals surface area contributed by atoms with Gasteiger partial charge < -0.3 is 15.0 Å². The fourth-order valence-corrected chi connectivity index (χ4v) is 3.20. The van der Waals surface area contributed by atoms with Crippen LogP contribution in [0.1, 0.15) is 39.2 Å². The lowest BCUT2D eigenvalue weighted by Crippen LogP contribution is -2.56. The molecule has 0 radical (unpaired) electrons. The molecular formula is C18H22ClN3O3. The standard InChI is InChI=1S/C18H22ClN3O3/c1-17(2,3)25-16(24)22-10-4-9-18(11-22)20-14(15(23)21-18)12-5-7-13(19)8-6-12/h5-8H,4,9-11H2,1-3H3,(H,21,23). The van der Waals surface area contributed by atoms with E-state index in [9.17, 15) is 9.59 Å². The van der Waals surface area contributed by atoms with Crippen molar-refractivity contribution < 1.29 is 14.3 Å². The van der Waals surface area contributed by atoms with Crippen LogP contribution >= 0.6 is 11.6 Å². The first-order chi connectivity index (χ1) is 11.7. The van der Waals surface area contributed by atoms with Crippen molar-refractivity contribution in [3.05, 3.63) is 34.9 Å². The van der Waals surface area contributed by atoms with Crippen molar-refractivity contribution in [3.63, 3.8) is 0 Å². The van der Waals surface area contributed by atoms with E-state index in [1.54, 1.807) is 29.2 Å². The van der Waals surface area contributed by atoms with E-state index < -0.39 is 11.3 Å². The van der Waals surface area contributed by atoms with E-state index in [1.807, 2.05) is 20.8 Å². The van der Waals surface area contributed by atoms with Crippen molar-refractivity contribution in [1.82, 2.24) is 10.2 Å². The van der Waals surface area contributed by atoms with Crippen LogP contribution in [0.3, 0.4) is 0 Å². The molecule has 2 heterocycles. The second kappa shape index (κ2) is 6.33. The second-order valence-corrected chi connectivity index (χ2v) is 7.89. The van der Waals surface area contributed by atoms with Gasteiger partial charge >= 0.3 is 6.09 Å². The Morgan fingerprint density at radius 3 is 2.64 bits per heavy atom. The molecule has 25 heavy (non-hydrogen) atoms. The zero-order valence-corrected chi connectivity index (χ0v) is 15.4. The summed E-state index contributed by atoms with van der Waals surface area (Å²) in [7, 11) is 0. The molecule has 0 aromatic heterocycles. The number of aliphatic imine (C=N–C) groups is 1. The molecule has 2 aliphatic heterocycles. The van der Waals surface area contributed by atoms with Gasteiger partial charge in [-0.25, -0.2) is 9.79 Å². The minimum atomic E-state index is -0.777. The molecule has 1 unspecified atom stereocenters. The molecule has 3 rings (SSSR count). The molecule has 1 aromatic rings. The SMILES string of the molecule is CC(C)(C)OC(=O)N1CCCC2(C1)N=C(c1ccc(Cl)cc1)C(=O)N2. The molecule has 1 atom stereocenters. The molecule has 1 N–H and O–H groups in total. The Hall–Kier alpha value is -2.08. The fourth-order valence-electron chi connectivity index (χ4n) is 3.08. The van der Waals surface area contributed by atoms with Gasteiger partial charge in [-0.3, -0.25) is 4.79 Å². The molecule has 2 aliphatic rings. The third-order valence-electron chi connectivity index (χ3n) is 4.13. The normalized spacial score (nSPS) is 23.4. The summed E-state index contributed by atoms with van der Waals surface area (Å²) in [5.41, 5.74) is -0.240. The number of likely N-dealkylation sites (tertiary alicyclic amines) is 1. The summed E-state index contributed by atoms with van der Waals surface area (Å²) in [6, 6.07) is 7.00. The molecule has 1 fully saturated rings. The van der Waals surface area contributed by atoms with Gasteiger partial charge in [0.05, 0.1) is 6.54 Å². The Balaban J connectivity index is 1.80. The topological polar surface area (TPSA) is 71.0 Å². The zero-order valence-electron chi connectivity index (χ0n) is 14.6. The first kappa shape index (κ1) is 17.7. The van der Waals surface area contributed by atoms with Crippen molar-refractivity contribution in [3.8, 4) is 0 Å². The van der Waals surface area contributed by atoms with Gasteiger partial charge in [-0.2, -0.15) is 0 Å². The molecule has 6 nitrogen and oxygen atoms in total. The number of carbonyl (C=O) groups is 2. The number of halogens is 1. The van der Waals surface area contributed by atoms with Crippen LogP contribution in [0.25, 0.3) is 0 Å². The third-order valence-corrected chi connectivity index (χ3v) is 4.38. The highest BCUT2D eigenvalue weighted by molar-refractivity contribution is 6.47. The number of nitrogens with zero attached hydrogens (tertiary/aromatic N) is 2. The summed E-state index contributed by atoms with van der Waals surface area (Å²) in [5.74, 6) is -0.228. The smallest absolute Gasteiger partial charge is 0.410 e. The quantitative estimate of drug-likeness (QED) is 0.833. The van der Waals surface area contributed by atoms with E-state index in [4.69, 9.17) is 16.3 Å². The maximum absolute atomic E-state index is 12.4. The highest BCUT2D eigenvalue weighted by atomic mass is 35.5. The maximum Gasteiger partial charge on any atom is 0.410 e. The van der Waals surface area contributed by atoms with Gasteiger partial charge in [0, 0.05) is 17.1 Å². The summed E-state index contributed by atoms with van der Waals surface area (Å²) in [5, 5.41) is 3.56. The number of ether oxygens (including phenoxy) is 1. The van der Waals surface area contributed by atoms with Crippen LogP contribution in [0.4, 0.5) is 4.79 Å².